The smallest absolute Gasteiger partial charge is 0.206 e. The molecule has 10 heteroatoms. The number of rotatable bonds is 3. The van der Waals surface area contributed by atoms with Crippen LogP contribution in [0.4, 0.5) is 5.69 Å². The van der Waals surface area contributed by atoms with Crippen molar-refractivity contribution < 1.29 is 17.9 Å². The van der Waals surface area contributed by atoms with Crippen LogP contribution < -0.4 is 4.90 Å². The van der Waals surface area contributed by atoms with Crippen molar-refractivity contribution >= 4 is 15.5 Å². The van der Waals surface area contributed by atoms with E-state index in [9.17, 15) is 13.7 Å². The third kappa shape index (κ3) is 4.50. The third-order valence-corrected chi connectivity index (χ3v) is 18.1. The second-order valence-electron chi connectivity index (χ2n) is 18.3. The SMILES string of the molecule is N#Cc1ccc(S(=O)(=O)c2ccc(N3C4CCC5OC6CCCCC6N6C7CCCC8C7N(C4C56)C4C3CCC3OC5CCCCC5N8C34)cc2)cc1. The molecule has 0 N–H and O–H groups in total. The number of nitrogens with zero attached hydrogens (tertiary/aromatic N) is 5. The topological polar surface area (TPSA) is 89.3 Å². The summed E-state index contributed by atoms with van der Waals surface area (Å²) in [5, 5.41) is 9.26. The number of anilines is 1. The van der Waals surface area contributed by atoms with Gasteiger partial charge in [0, 0.05) is 60.1 Å². The molecule has 10 fully saturated rings. The lowest BCUT2D eigenvalue weighted by Crippen LogP contribution is -2.93. The number of piperazine rings is 3. The molecule has 0 bridgehead atoms. The van der Waals surface area contributed by atoms with Gasteiger partial charge in [-0.2, -0.15) is 5.26 Å². The first-order valence-corrected chi connectivity index (χ1v) is 22.8. The zero-order valence-corrected chi connectivity index (χ0v) is 31.5. The number of nitriles is 1. The van der Waals surface area contributed by atoms with Gasteiger partial charge in [-0.05, 0) is 113 Å². The van der Waals surface area contributed by atoms with Crippen LogP contribution in [0.5, 0.6) is 0 Å². The molecule has 0 aromatic heterocycles. The Balaban J connectivity index is 0.990. The Bertz CT molecular complexity index is 1850. The minimum Gasteiger partial charge on any atom is -0.372 e. The van der Waals surface area contributed by atoms with Crippen LogP contribution in [-0.2, 0) is 19.3 Å². The molecule has 14 atom stereocenters. The first-order valence-electron chi connectivity index (χ1n) is 21.3. The fourth-order valence-electron chi connectivity index (χ4n) is 14.7. The van der Waals surface area contributed by atoms with Gasteiger partial charge in [-0.15, -0.1) is 0 Å². The van der Waals surface area contributed by atoms with Crippen LogP contribution in [0, 0.1) is 11.3 Å². The van der Waals surface area contributed by atoms with E-state index in [1.165, 1.54) is 76.3 Å². The van der Waals surface area contributed by atoms with Gasteiger partial charge in [0.2, 0.25) is 9.84 Å². The number of hydrogen-bond donors (Lipinski definition) is 0. The molecule has 2 aromatic rings. The molecule has 53 heavy (non-hydrogen) atoms. The molecule has 12 rings (SSSR count). The highest BCUT2D eigenvalue weighted by atomic mass is 32.2. The van der Waals surface area contributed by atoms with Gasteiger partial charge in [0.25, 0.3) is 0 Å². The average molecular weight is 736 g/mol. The molecule has 5 heterocycles. The predicted octanol–water partition coefficient (Wildman–Crippen LogP) is 5.65. The number of ether oxygens (including phenoxy) is 2. The highest BCUT2D eigenvalue weighted by Gasteiger charge is 2.72. The molecule has 0 radical (unpaired) electrons. The van der Waals surface area contributed by atoms with Gasteiger partial charge < -0.3 is 14.4 Å². The highest BCUT2D eigenvalue weighted by Crippen LogP contribution is 2.59. The van der Waals surface area contributed by atoms with E-state index < -0.39 is 9.84 Å². The maximum absolute atomic E-state index is 13.8. The first-order chi connectivity index (χ1) is 26.0. The lowest BCUT2D eigenvalue weighted by molar-refractivity contribution is -0.306. The van der Waals surface area contributed by atoms with Crippen molar-refractivity contribution in [2.75, 3.05) is 4.90 Å². The van der Waals surface area contributed by atoms with E-state index in [4.69, 9.17) is 9.47 Å². The highest BCUT2D eigenvalue weighted by molar-refractivity contribution is 7.91. The molecule has 280 valence electrons. The van der Waals surface area contributed by atoms with Gasteiger partial charge in [0.1, 0.15) is 0 Å². The lowest BCUT2D eigenvalue weighted by atomic mass is 9.61. The normalized spacial score (nSPS) is 45.6. The Kier molecular flexibility index (Phi) is 7.40. The molecule has 5 saturated heterocycles. The Morgan fingerprint density at radius 2 is 0.981 bits per heavy atom. The molecular weight excluding hydrogens is 683 g/mol. The molecule has 5 saturated carbocycles. The molecule has 0 amide bonds. The molecule has 10 aliphatic rings. The zero-order valence-electron chi connectivity index (χ0n) is 30.7. The maximum atomic E-state index is 13.8. The molecule has 0 spiro atoms. The van der Waals surface area contributed by atoms with E-state index in [-0.39, 0.29) is 17.1 Å². The van der Waals surface area contributed by atoms with Crippen LogP contribution in [0.15, 0.2) is 58.3 Å². The van der Waals surface area contributed by atoms with Gasteiger partial charge in [-0.1, -0.05) is 32.1 Å². The molecular formula is C43H53N5O4S. The summed E-state index contributed by atoms with van der Waals surface area (Å²) >= 11 is 0. The van der Waals surface area contributed by atoms with E-state index in [0.29, 0.717) is 89.1 Å². The quantitative estimate of drug-likeness (QED) is 0.397. The number of sulfone groups is 1. The standard InChI is InChI=1S/C43H53N5O4S/c44-24-25-12-16-27(17-13-25)53(49,50)28-18-14-26(15-19-28)45-33-20-22-37-42-40(33)48-39-31(46(42)29-6-1-3-10-35(29)51-37)8-5-9-32(39)47-30-7-2-4-11-36(30)52-38-23-21-34(45)41(48)43(38)47/h12-19,29-43H,1-11,20-23H2. The summed E-state index contributed by atoms with van der Waals surface area (Å²) in [5.74, 6) is 0. The van der Waals surface area contributed by atoms with E-state index in [2.05, 4.69) is 37.8 Å². The summed E-state index contributed by atoms with van der Waals surface area (Å²) in [5.41, 5.74) is 1.63. The number of hydrogen-bond acceptors (Lipinski definition) is 9. The summed E-state index contributed by atoms with van der Waals surface area (Å²) in [4.78, 5) is 12.8. The Hall–Kier alpha value is -2.52. The van der Waals surface area contributed by atoms with Gasteiger partial charge in [-0.25, -0.2) is 8.42 Å². The van der Waals surface area contributed by atoms with Gasteiger partial charge >= 0.3 is 0 Å². The van der Waals surface area contributed by atoms with Crippen LogP contribution >= 0.6 is 0 Å². The van der Waals surface area contributed by atoms with Crippen molar-refractivity contribution in [3.63, 3.8) is 0 Å². The second-order valence-corrected chi connectivity index (χ2v) is 20.3. The molecule has 5 aliphatic heterocycles. The van der Waals surface area contributed by atoms with Crippen molar-refractivity contribution in [2.45, 2.75) is 197 Å². The summed E-state index contributed by atoms with van der Waals surface area (Å²) in [6.07, 6.45) is 20.0. The van der Waals surface area contributed by atoms with E-state index in [1.54, 1.807) is 24.3 Å². The third-order valence-electron chi connectivity index (χ3n) is 16.3. The lowest BCUT2D eigenvalue weighted by Gasteiger charge is -2.78. The largest absolute Gasteiger partial charge is 0.372 e. The molecule has 2 aromatic carbocycles. The summed E-state index contributed by atoms with van der Waals surface area (Å²) < 4.78 is 42.1. The van der Waals surface area contributed by atoms with E-state index >= 15 is 0 Å². The van der Waals surface area contributed by atoms with Crippen LogP contribution in [0.1, 0.15) is 102 Å². The summed E-state index contributed by atoms with van der Waals surface area (Å²) in [6, 6.07) is 21.5. The average Bonchev–Trinajstić information content (AvgIpc) is 3.21. The maximum Gasteiger partial charge on any atom is 0.206 e. The minimum absolute atomic E-state index is 0.229. The Morgan fingerprint density at radius 1 is 0.491 bits per heavy atom. The zero-order chi connectivity index (χ0) is 35.2. The predicted molar refractivity (Wildman–Crippen MR) is 199 cm³/mol. The van der Waals surface area contributed by atoms with Crippen LogP contribution in [-0.4, -0.2) is 114 Å². The monoisotopic (exact) mass is 735 g/mol. The summed E-state index contributed by atoms with van der Waals surface area (Å²) in [6.45, 7) is 0. The molecule has 14 unspecified atom stereocenters. The van der Waals surface area contributed by atoms with Crippen molar-refractivity contribution in [3.05, 3.63) is 54.1 Å². The number of fused-ring (bicyclic) bond motifs is 6. The van der Waals surface area contributed by atoms with E-state index in [0.717, 1.165) is 25.7 Å². The number of morpholine rings is 2. The van der Waals surface area contributed by atoms with Crippen molar-refractivity contribution in [1.82, 2.24) is 14.7 Å². The molecule has 9 nitrogen and oxygen atoms in total. The Morgan fingerprint density at radius 3 is 1.51 bits per heavy atom. The summed E-state index contributed by atoms with van der Waals surface area (Å²) in [7, 11) is -3.71. The first kappa shape index (κ1) is 32.7. The van der Waals surface area contributed by atoms with Gasteiger partial charge in [-0.3, -0.25) is 14.7 Å². The van der Waals surface area contributed by atoms with Crippen LogP contribution in [0.2, 0.25) is 0 Å². The van der Waals surface area contributed by atoms with Crippen molar-refractivity contribution in [1.29, 1.82) is 5.26 Å². The molecule has 5 aliphatic carbocycles. The van der Waals surface area contributed by atoms with Crippen LogP contribution in [0.25, 0.3) is 0 Å². The van der Waals surface area contributed by atoms with E-state index in [1.807, 2.05) is 12.1 Å². The minimum atomic E-state index is -3.71. The van der Waals surface area contributed by atoms with Gasteiger partial charge in [0.05, 0.1) is 57.9 Å². The fraction of sp³-hybridized carbons (Fsp3) is 0.698. The Labute approximate surface area is 314 Å². The fourth-order valence-corrected chi connectivity index (χ4v) is 15.9. The number of benzene rings is 2. The van der Waals surface area contributed by atoms with Crippen molar-refractivity contribution in [3.8, 4) is 6.07 Å². The second kappa shape index (κ2) is 12.0. The van der Waals surface area contributed by atoms with Crippen molar-refractivity contribution in [2.24, 2.45) is 0 Å². The van der Waals surface area contributed by atoms with Crippen LogP contribution in [0.3, 0.4) is 0 Å². The van der Waals surface area contributed by atoms with Gasteiger partial charge in [0.15, 0.2) is 0 Å².